The van der Waals surface area contributed by atoms with Gasteiger partial charge in [0.15, 0.2) is 5.96 Å². The fourth-order valence-corrected chi connectivity index (χ4v) is 3.78. The first-order valence-corrected chi connectivity index (χ1v) is 10.6. The molecule has 6 heteroatoms. The lowest BCUT2D eigenvalue weighted by atomic mass is 9.95. The van der Waals surface area contributed by atoms with Crippen molar-refractivity contribution in [1.29, 1.82) is 0 Å². The lowest BCUT2D eigenvalue weighted by Crippen LogP contribution is -2.38. The van der Waals surface area contributed by atoms with E-state index in [1.165, 1.54) is 5.56 Å². The van der Waals surface area contributed by atoms with Crippen LogP contribution in [0.1, 0.15) is 30.6 Å². The molecule has 2 unspecified atom stereocenters. The third-order valence-electron chi connectivity index (χ3n) is 5.34. The van der Waals surface area contributed by atoms with Gasteiger partial charge in [-0.1, -0.05) is 30.3 Å². The Balaban J connectivity index is 1.58. The molecule has 2 atom stereocenters. The summed E-state index contributed by atoms with van der Waals surface area (Å²) in [6.07, 6.45) is 1.96. The fourth-order valence-electron chi connectivity index (χ4n) is 3.78. The van der Waals surface area contributed by atoms with E-state index in [1.807, 2.05) is 24.3 Å². The molecule has 0 saturated carbocycles. The normalized spacial score (nSPS) is 18.8. The molecule has 2 aromatic rings. The van der Waals surface area contributed by atoms with Crippen LogP contribution in [0.3, 0.4) is 0 Å². The van der Waals surface area contributed by atoms with Gasteiger partial charge in [-0.05, 0) is 49.1 Å². The van der Waals surface area contributed by atoms with Crippen LogP contribution >= 0.6 is 0 Å². The highest BCUT2D eigenvalue weighted by atomic mass is 16.5. The van der Waals surface area contributed by atoms with E-state index < -0.39 is 0 Å². The topological polar surface area (TPSA) is 64.1 Å². The number of nitrogens with one attached hydrogen (secondary N) is 2. The molecule has 1 fully saturated rings. The average molecular weight is 412 g/mol. The van der Waals surface area contributed by atoms with Gasteiger partial charge in [-0.2, -0.15) is 0 Å². The monoisotopic (exact) mass is 411 g/mol. The van der Waals surface area contributed by atoms with Crippen LogP contribution in [0.2, 0.25) is 0 Å². The molecule has 30 heavy (non-hydrogen) atoms. The molecule has 0 spiro atoms. The number of rotatable bonds is 9. The Bertz CT molecular complexity index is 811. The third kappa shape index (κ3) is 5.89. The maximum Gasteiger partial charge on any atom is 0.191 e. The van der Waals surface area contributed by atoms with Crippen LogP contribution in [0.25, 0.3) is 0 Å². The molecule has 0 amide bonds. The summed E-state index contributed by atoms with van der Waals surface area (Å²) >= 11 is 0. The van der Waals surface area contributed by atoms with Crippen LogP contribution in [0, 0.1) is 5.92 Å². The quantitative estimate of drug-likeness (QED) is 0.488. The number of hydrogen-bond donors (Lipinski definition) is 2. The minimum atomic E-state index is 0.124. The van der Waals surface area contributed by atoms with Gasteiger partial charge in [-0.15, -0.1) is 0 Å². The Morgan fingerprint density at radius 2 is 1.93 bits per heavy atom. The van der Waals surface area contributed by atoms with E-state index in [1.54, 1.807) is 14.2 Å². The highest BCUT2D eigenvalue weighted by molar-refractivity contribution is 5.79. The SMILES string of the molecule is CCNC(=NCC1CCOC1c1ccccc1)NCCc1cc(OC)ccc1OC. The summed E-state index contributed by atoms with van der Waals surface area (Å²) in [7, 11) is 3.37. The lowest BCUT2D eigenvalue weighted by molar-refractivity contribution is 0.0925. The summed E-state index contributed by atoms with van der Waals surface area (Å²) in [4.78, 5) is 4.84. The fraction of sp³-hybridized carbons (Fsp3) is 0.458. The van der Waals surface area contributed by atoms with Crippen LogP contribution in [0.5, 0.6) is 11.5 Å². The zero-order valence-electron chi connectivity index (χ0n) is 18.2. The van der Waals surface area contributed by atoms with E-state index in [9.17, 15) is 0 Å². The van der Waals surface area contributed by atoms with E-state index >= 15 is 0 Å². The number of nitrogens with zero attached hydrogens (tertiary/aromatic N) is 1. The van der Waals surface area contributed by atoms with Gasteiger partial charge in [0.1, 0.15) is 11.5 Å². The molecular formula is C24H33N3O3. The number of benzene rings is 2. The Morgan fingerprint density at radius 3 is 2.67 bits per heavy atom. The maximum absolute atomic E-state index is 5.99. The van der Waals surface area contributed by atoms with Crippen molar-refractivity contribution in [2.24, 2.45) is 10.9 Å². The summed E-state index contributed by atoms with van der Waals surface area (Å²) in [6.45, 7) is 5.17. The van der Waals surface area contributed by atoms with Crippen molar-refractivity contribution in [3.63, 3.8) is 0 Å². The molecule has 1 aliphatic rings. The lowest BCUT2D eigenvalue weighted by Gasteiger charge is -2.18. The summed E-state index contributed by atoms with van der Waals surface area (Å²) < 4.78 is 16.8. The zero-order valence-corrected chi connectivity index (χ0v) is 18.2. The molecule has 0 aliphatic carbocycles. The van der Waals surface area contributed by atoms with Gasteiger partial charge < -0.3 is 24.8 Å². The van der Waals surface area contributed by atoms with Crippen molar-refractivity contribution in [2.45, 2.75) is 25.9 Å². The number of guanidine groups is 1. The summed E-state index contributed by atoms with van der Waals surface area (Å²) in [5, 5.41) is 6.78. The van der Waals surface area contributed by atoms with Crippen LogP contribution in [0.4, 0.5) is 0 Å². The molecule has 0 aromatic heterocycles. The smallest absolute Gasteiger partial charge is 0.191 e. The van der Waals surface area contributed by atoms with Gasteiger partial charge in [0.25, 0.3) is 0 Å². The van der Waals surface area contributed by atoms with E-state index in [2.05, 4.69) is 41.8 Å². The predicted molar refractivity (Wildman–Crippen MR) is 120 cm³/mol. The minimum Gasteiger partial charge on any atom is -0.497 e. The highest BCUT2D eigenvalue weighted by Gasteiger charge is 2.29. The van der Waals surface area contributed by atoms with Gasteiger partial charge in [-0.3, -0.25) is 4.99 Å². The van der Waals surface area contributed by atoms with Crippen molar-refractivity contribution in [1.82, 2.24) is 10.6 Å². The Morgan fingerprint density at radius 1 is 1.10 bits per heavy atom. The molecular weight excluding hydrogens is 378 g/mol. The second kappa shape index (κ2) is 11.5. The molecule has 3 rings (SSSR count). The molecule has 1 saturated heterocycles. The van der Waals surface area contributed by atoms with Gasteiger partial charge in [0, 0.05) is 32.2 Å². The molecule has 1 aliphatic heterocycles. The van der Waals surface area contributed by atoms with Crippen LogP contribution < -0.4 is 20.1 Å². The summed E-state index contributed by atoms with van der Waals surface area (Å²) in [6, 6.07) is 16.3. The molecule has 6 nitrogen and oxygen atoms in total. The van der Waals surface area contributed by atoms with Crippen molar-refractivity contribution in [3.05, 3.63) is 59.7 Å². The van der Waals surface area contributed by atoms with E-state index in [0.29, 0.717) is 5.92 Å². The van der Waals surface area contributed by atoms with E-state index in [4.69, 9.17) is 19.2 Å². The predicted octanol–water partition coefficient (Wildman–Crippen LogP) is 3.58. The molecule has 1 heterocycles. The average Bonchev–Trinajstić information content (AvgIpc) is 3.26. The van der Waals surface area contributed by atoms with Gasteiger partial charge in [0.2, 0.25) is 0 Å². The summed E-state index contributed by atoms with van der Waals surface area (Å²) in [5.41, 5.74) is 2.34. The molecule has 162 valence electrons. The van der Waals surface area contributed by atoms with Crippen LogP contribution in [0.15, 0.2) is 53.5 Å². The molecule has 0 radical (unpaired) electrons. The number of hydrogen-bond acceptors (Lipinski definition) is 4. The highest BCUT2D eigenvalue weighted by Crippen LogP contribution is 2.34. The van der Waals surface area contributed by atoms with Crippen LogP contribution in [-0.2, 0) is 11.2 Å². The first kappa shape index (κ1) is 22.0. The number of aliphatic imine (C=N–C) groups is 1. The third-order valence-corrected chi connectivity index (χ3v) is 5.34. The number of methoxy groups -OCH3 is 2. The first-order chi connectivity index (χ1) is 14.7. The largest absolute Gasteiger partial charge is 0.497 e. The Labute approximate surface area is 179 Å². The van der Waals surface area contributed by atoms with Crippen LogP contribution in [-0.4, -0.2) is 46.4 Å². The summed E-state index contributed by atoms with van der Waals surface area (Å²) in [5.74, 6) is 2.92. The molecule has 0 bridgehead atoms. The van der Waals surface area contributed by atoms with E-state index in [0.717, 1.165) is 62.1 Å². The minimum absolute atomic E-state index is 0.124. The second-order valence-corrected chi connectivity index (χ2v) is 7.33. The van der Waals surface area contributed by atoms with Crippen molar-refractivity contribution in [3.8, 4) is 11.5 Å². The maximum atomic E-state index is 5.99. The first-order valence-electron chi connectivity index (χ1n) is 10.6. The van der Waals surface area contributed by atoms with Gasteiger partial charge >= 0.3 is 0 Å². The zero-order chi connectivity index (χ0) is 21.2. The van der Waals surface area contributed by atoms with Crippen molar-refractivity contribution >= 4 is 5.96 Å². The van der Waals surface area contributed by atoms with Crippen molar-refractivity contribution < 1.29 is 14.2 Å². The Hall–Kier alpha value is -2.73. The van der Waals surface area contributed by atoms with E-state index in [-0.39, 0.29) is 6.10 Å². The standard InChI is InChI=1S/C24H33N3O3/c1-4-25-24(26-14-12-19-16-21(28-2)10-11-22(19)29-3)27-17-20-13-15-30-23(20)18-8-6-5-7-9-18/h5-11,16,20,23H,4,12-15,17H2,1-3H3,(H2,25,26,27). The molecule has 2 aromatic carbocycles. The molecule has 2 N–H and O–H groups in total. The number of ether oxygens (including phenoxy) is 3. The Kier molecular flexibility index (Phi) is 8.39. The van der Waals surface area contributed by atoms with Gasteiger partial charge in [0.05, 0.1) is 20.3 Å². The second-order valence-electron chi connectivity index (χ2n) is 7.33. The van der Waals surface area contributed by atoms with Gasteiger partial charge in [-0.25, -0.2) is 0 Å². The van der Waals surface area contributed by atoms with Crippen molar-refractivity contribution in [2.75, 3.05) is 40.5 Å².